The zero-order chi connectivity index (χ0) is 14.5. The van der Waals surface area contributed by atoms with Gasteiger partial charge in [0.2, 0.25) is 0 Å². The number of aryl methyl sites for hydroxylation is 1. The van der Waals surface area contributed by atoms with Gasteiger partial charge in [0, 0.05) is 12.1 Å². The van der Waals surface area contributed by atoms with Crippen molar-refractivity contribution in [2.24, 2.45) is 0 Å². The number of nitrogens with zero attached hydrogens (tertiary/aromatic N) is 1. The second-order valence-corrected chi connectivity index (χ2v) is 5.13. The Hall–Kier alpha value is -1.84. The van der Waals surface area contributed by atoms with Gasteiger partial charge in [-0.1, -0.05) is 17.7 Å². The van der Waals surface area contributed by atoms with E-state index in [2.05, 4.69) is 0 Å². The Labute approximate surface area is 119 Å². The van der Waals surface area contributed by atoms with Crippen molar-refractivity contribution in [3.8, 4) is 0 Å². The molecule has 1 aliphatic rings. The number of carbonyl (C=O) groups is 2. The Morgan fingerprint density at radius 3 is 2.60 bits per heavy atom. The maximum atomic E-state index is 12.5. The summed E-state index contributed by atoms with van der Waals surface area (Å²) in [6.07, 6.45) is 2.59. The van der Waals surface area contributed by atoms with Crippen LogP contribution in [0.2, 0.25) is 0 Å². The maximum Gasteiger partial charge on any atom is 0.328 e. The van der Waals surface area contributed by atoms with E-state index in [0.29, 0.717) is 25.1 Å². The molecular weight excluding hydrogens is 254 g/mol. The van der Waals surface area contributed by atoms with E-state index in [9.17, 15) is 9.59 Å². The lowest BCUT2D eigenvalue weighted by molar-refractivity contribution is -0.149. The Kier molecular flexibility index (Phi) is 4.77. The number of hydrogen-bond donors (Lipinski definition) is 0. The van der Waals surface area contributed by atoms with Gasteiger partial charge in [-0.15, -0.1) is 0 Å². The molecule has 4 heteroatoms. The Morgan fingerprint density at radius 2 is 1.95 bits per heavy atom. The second-order valence-electron chi connectivity index (χ2n) is 5.13. The number of piperidine rings is 1. The van der Waals surface area contributed by atoms with E-state index >= 15 is 0 Å². The molecule has 20 heavy (non-hydrogen) atoms. The van der Waals surface area contributed by atoms with Crippen LogP contribution in [-0.4, -0.2) is 36.0 Å². The predicted octanol–water partition coefficient (Wildman–Crippen LogP) is 2.55. The molecule has 0 aliphatic carbocycles. The molecule has 1 unspecified atom stereocenters. The molecule has 0 bridgehead atoms. The van der Waals surface area contributed by atoms with Crippen molar-refractivity contribution in [3.63, 3.8) is 0 Å². The smallest absolute Gasteiger partial charge is 0.328 e. The minimum Gasteiger partial charge on any atom is -0.464 e. The van der Waals surface area contributed by atoms with Crippen molar-refractivity contribution < 1.29 is 14.3 Å². The first-order valence-electron chi connectivity index (χ1n) is 7.17. The highest BCUT2D eigenvalue weighted by molar-refractivity contribution is 5.97. The molecule has 4 nitrogen and oxygen atoms in total. The van der Waals surface area contributed by atoms with Crippen LogP contribution in [0.5, 0.6) is 0 Å². The number of amides is 1. The van der Waals surface area contributed by atoms with E-state index in [0.717, 1.165) is 18.4 Å². The van der Waals surface area contributed by atoms with E-state index < -0.39 is 6.04 Å². The summed E-state index contributed by atoms with van der Waals surface area (Å²) >= 11 is 0. The van der Waals surface area contributed by atoms with Crippen LogP contribution in [0.4, 0.5) is 0 Å². The summed E-state index contributed by atoms with van der Waals surface area (Å²) in [6, 6.07) is 7.02. The van der Waals surface area contributed by atoms with Crippen LogP contribution >= 0.6 is 0 Å². The SMILES string of the molecule is CCOC(=O)C1CCCCN1C(=O)c1ccc(C)cc1. The number of benzene rings is 1. The van der Waals surface area contributed by atoms with Gasteiger partial charge in [-0.2, -0.15) is 0 Å². The minimum absolute atomic E-state index is 0.0808. The normalized spacial score (nSPS) is 18.7. The van der Waals surface area contributed by atoms with Crippen LogP contribution in [-0.2, 0) is 9.53 Å². The van der Waals surface area contributed by atoms with Gasteiger partial charge >= 0.3 is 5.97 Å². The molecule has 0 N–H and O–H groups in total. The molecule has 1 aromatic carbocycles. The summed E-state index contributed by atoms with van der Waals surface area (Å²) in [5, 5.41) is 0. The van der Waals surface area contributed by atoms with E-state index in [-0.39, 0.29) is 11.9 Å². The zero-order valence-corrected chi connectivity index (χ0v) is 12.1. The maximum absolute atomic E-state index is 12.5. The molecule has 1 aliphatic heterocycles. The first-order chi connectivity index (χ1) is 9.63. The van der Waals surface area contributed by atoms with Gasteiger partial charge in [-0.05, 0) is 45.2 Å². The second kappa shape index (κ2) is 6.55. The summed E-state index contributed by atoms with van der Waals surface area (Å²) in [5.74, 6) is -0.365. The van der Waals surface area contributed by atoms with Crippen molar-refractivity contribution in [1.82, 2.24) is 4.90 Å². The van der Waals surface area contributed by atoms with E-state index in [4.69, 9.17) is 4.74 Å². The number of likely N-dealkylation sites (tertiary alicyclic amines) is 1. The third-order valence-corrected chi connectivity index (χ3v) is 3.62. The van der Waals surface area contributed by atoms with Gasteiger partial charge in [0.15, 0.2) is 0 Å². The van der Waals surface area contributed by atoms with Crippen LogP contribution in [0.3, 0.4) is 0 Å². The van der Waals surface area contributed by atoms with Crippen LogP contribution < -0.4 is 0 Å². The van der Waals surface area contributed by atoms with E-state index in [1.807, 2.05) is 31.2 Å². The highest BCUT2D eigenvalue weighted by atomic mass is 16.5. The van der Waals surface area contributed by atoms with Gasteiger partial charge in [0.05, 0.1) is 6.61 Å². The van der Waals surface area contributed by atoms with Crippen molar-refractivity contribution >= 4 is 11.9 Å². The molecule has 1 amide bonds. The average Bonchev–Trinajstić information content (AvgIpc) is 2.47. The first kappa shape index (κ1) is 14.6. The molecule has 1 heterocycles. The summed E-state index contributed by atoms with van der Waals surface area (Å²) in [5.41, 5.74) is 1.74. The predicted molar refractivity (Wildman–Crippen MR) is 76.5 cm³/mol. The molecule has 0 aromatic heterocycles. The fourth-order valence-electron chi connectivity index (χ4n) is 2.52. The topological polar surface area (TPSA) is 46.6 Å². The highest BCUT2D eigenvalue weighted by Gasteiger charge is 2.33. The number of carbonyl (C=O) groups excluding carboxylic acids is 2. The summed E-state index contributed by atoms with van der Waals surface area (Å²) < 4.78 is 5.08. The average molecular weight is 275 g/mol. The third-order valence-electron chi connectivity index (χ3n) is 3.62. The standard InChI is InChI=1S/C16H21NO3/c1-3-20-16(19)14-6-4-5-11-17(14)15(18)13-9-7-12(2)8-10-13/h7-10,14H,3-6,11H2,1-2H3. The van der Waals surface area contributed by atoms with Crippen LogP contribution in [0.25, 0.3) is 0 Å². The Balaban J connectivity index is 2.16. The molecular formula is C16H21NO3. The largest absolute Gasteiger partial charge is 0.464 e. The molecule has 2 rings (SSSR count). The first-order valence-corrected chi connectivity index (χ1v) is 7.17. The van der Waals surface area contributed by atoms with Crippen molar-refractivity contribution in [3.05, 3.63) is 35.4 Å². The Morgan fingerprint density at radius 1 is 1.25 bits per heavy atom. The fourth-order valence-corrected chi connectivity index (χ4v) is 2.52. The lowest BCUT2D eigenvalue weighted by atomic mass is 10.0. The van der Waals surface area contributed by atoms with E-state index in [1.54, 1.807) is 11.8 Å². The van der Waals surface area contributed by atoms with Crippen LogP contribution in [0.15, 0.2) is 24.3 Å². The summed E-state index contributed by atoms with van der Waals surface area (Å²) in [7, 11) is 0. The molecule has 0 spiro atoms. The van der Waals surface area contributed by atoms with Crippen LogP contribution in [0.1, 0.15) is 42.1 Å². The fraction of sp³-hybridized carbons (Fsp3) is 0.500. The zero-order valence-electron chi connectivity index (χ0n) is 12.1. The van der Waals surface area contributed by atoms with Crippen molar-refractivity contribution in [1.29, 1.82) is 0 Å². The van der Waals surface area contributed by atoms with Gasteiger partial charge < -0.3 is 9.64 Å². The molecule has 1 atom stereocenters. The van der Waals surface area contributed by atoms with Gasteiger partial charge in [-0.3, -0.25) is 4.79 Å². The molecule has 0 radical (unpaired) electrons. The monoisotopic (exact) mass is 275 g/mol. The highest BCUT2D eigenvalue weighted by Crippen LogP contribution is 2.21. The van der Waals surface area contributed by atoms with Crippen LogP contribution in [0, 0.1) is 6.92 Å². The lowest BCUT2D eigenvalue weighted by Crippen LogP contribution is -2.48. The molecule has 0 saturated carbocycles. The quantitative estimate of drug-likeness (QED) is 0.796. The molecule has 108 valence electrons. The summed E-state index contributed by atoms with van der Waals surface area (Å²) in [4.78, 5) is 26.2. The third kappa shape index (κ3) is 3.18. The molecule has 1 aromatic rings. The van der Waals surface area contributed by atoms with Crippen molar-refractivity contribution in [2.75, 3.05) is 13.2 Å². The van der Waals surface area contributed by atoms with Gasteiger partial charge in [0.1, 0.15) is 6.04 Å². The number of esters is 1. The van der Waals surface area contributed by atoms with Gasteiger partial charge in [-0.25, -0.2) is 4.79 Å². The Bertz CT molecular complexity index is 481. The number of rotatable bonds is 3. The van der Waals surface area contributed by atoms with Crippen molar-refractivity contribution in [2.45, 2.75) is 39.2 Å². The van der Waals surface area contributed by atoms with E-state index in [1.165, 1.54) is 0 Å². The van der Waals surface area contributed by atoms with Gasteiger partial charge in [0.25, 0.3) is 5.91 Å². The summed E-state index contributed by atoms with van der Waals surface area (Å²) in [6.45, 7) is 4.74. The number of ether oxygens (including phenoxy) is 1. The lowest BCUT2D eigenvalue weighted by Gasteiger charge is -2.34. The molecule has 1 fully saturated rings. The minimum atomic E-state index is -0.433. The molecule has 1 saturated heterocycles. The number of hydrogen-bond acceptors (Lipinski definition) is 3.